The van der Waals surface area contributed by atoms with Gasteiger partial charge in [0, 0.05) is 10.4 Å². The van der Waals surface area contributed by atoms with Crippen LogP contribution in [0.2, 0.25) is 0 Å². The molecular formula is C12H14ClNO. The van der Waals surface area contributed by atoms with Gasteiger partial charge in [-0.2, -0.15) is 0 Å². The molecule has 2 nitrogen and oxygen atoms in total. The normalized spacial score (nSPS) is 19.9. The van der Waals surface area contributed by atoms with Gasteiger partial charge in [-0.1, -0.05) is 18.2 Å². The molecule has 80 valence electrons. The van der Waals surface area contributed by atoms with Crippen molar-refractivity contribution >= 4 is 17.5 Å². The SMILES string of the molecule is CC(C)(Cl)CC1NC(=O)c2ccccc21. The smallest absolute Gasteiger partial charge is 0.252 e. The molecule has 0 bridgehead atoms. The van der Waals surface area contributed by atoms with Gasteiger partial charge in [-0.25, -0.2) is 0 Å². The van der Waals surface area contributed by atoms with E-state index in [2.05, 4.69) is 5.32 Å². The van der Waals surface area contributed by atoms with E-state index in [4.69, 9.17) is 11.6 Å². The summed E-state index contributed by atoms with van der Waals surface area (Å²) in [6.45, 7) is 3.92. The van der Waals surface area contributed by atoms with Crippen molar-refractivity contribution in [3.8, 4) is 0 Å². The Morgan fingerprint density at radius 1 is 1.40 bits per heavy atom. The van der Waals surface area contributed by atoms with E-state index in [9.17, 15) is 4.79 Å². The number of alkyl halides is 1. The Kier molecular flexibility index (Phi) is 2.47. The van der Waals surface area contributed by atoms with Gasteiger partial charge in [0.25, 0.3) is 5.91 Å². The second kappa shape index (κ2) is 3.53. The van der Waals surface area contributed by atoms with Crippen LogP contribution in [0.3, 0.4) is 0 Å². The van der Waals surface area contributed by atoms with Gasteiger partial charge in [0.1, 0.15) is 0 Å². The predicted molar refractivity (Wildman–Crippen MR) is 61.2 cm³/mol. The average molecular weight is 224 g/mol. The predicted octanol–water partition coefficient (Wildman–Crippen LogP) is 2.88. The molecule has 0 saturated carbocycles. The molecule has 1 aromatic rings. The highest BCUT2D eigenvalue weighted by molar-refractivity contribution is 6.23. The van der Waals surface area contributed by atoms with Crippen LogP contribution in [0.1, 0.15) is 42.2 Å². The summed E-state index contributed by atoms with van der Waals surface area (Å²) in [6.07, 6.45) is 0.747. The van der Waals surface area contributed by atoms with Gasteiger partial charge in [-0.15, -0.1) is 11.6 Å². The lowest BCUT2D eigenvalue weighted by Crippen LogP contribution is -2.25. The standard InChI is InChI=1S/C12H14ClNO/c1-12(2,13)7-10-8-5-3-4-6-9(8)11(15)14-10/h3-6,10H,7H2,1-2H3,(H,14,15). The molecule has 1 aliphatic rings. The van der Waals surface area contributed by atoms with E-state index in [1.165, 1.54) is 0 Å². The summed E-state index contributed by atoms with van der Waals surface area (Å²) in [4.78, 5) is 11.3. The van der Waals surface area contributed by atoms with Crippen molar-refractivity contribution in [3.63, 3.8) is 0 Å². The number of carbonyl (C=O) groups is 1. The topological polar surface area (TPSA) is 29.1 Å². The van der Waals surface area contributed by atoms with Gasteiger partial charge < -0.3 is 5.32 Å². The van der Waals surface area contributed by atoms with Crippen LogP contribution < -0.4 is 5.32 Å². The van der Waals surface area contributed by atoms with Gasteiger partial charge >= 0.3 is 0 Å². The number of hydrogen-bond donors (Lipinski definition) is 1. The summed E-state index contributed by atoms with van der Waals surface area (Å²) >= 11 is 6.18. The van der Waals surface area contributed by atoms with Crippen LogP contribution in [-0.2, 0) is 0 Å². The molecule has 3 heteroatoms. The highest BCUT2D eigenvalue weighted by Crippen LogP contribution is 2.33. The minimum atomic E-state index is -0.296. The van der Waals surface area contributed by atoms with E-state index in [0.29, 0.717) is 0 Å². The van der Waals surface area contributed by atoms with Crippen molar-refractivity contribution in [2.75, 3.05) is 0 Å². The fourth-order valence-electron chi connectivity index (χ4n) is 1.97. The quantitative estimate of drug-likeness (QED) is 0.768. The van der Waals surface area contributed by atoms with Crippen molar-refractivity contribution in [1.29, 1.82) is 0 Å². The van der Waals surface area contributed by atoms with Crippen LogP contribution in [0.4, 0.5) is 0 Å². The zero-order chi connectivity index (χ0) is 11.1. The molecule has 1 aliphatic heterocycles. The van der Waals surface area contributed by atoms with Crippen LogP contribution >= 0.6 is 11.6 Å². The molecule has 1 heterocycles. The summed E-state index contributed by atoms with van der Waals surface area (Å²) in [6, 6.07) is 7.73. The van der Waals surface area contributed by atoms with Gasteiger partial charge in [0.15, 0.2) is 0 Å². The van der Waals surface area contributed by atoms with Crippen LogP contribution in [-0.4, -0.2) is 10.8 Å². The second-order valence-corrected chi connectivity index (χ2v) is 5.56. The lowest BCUT2D eigenvalue weighted by Gasteiger charge is -2.21. The summed E-state index contributed by atoms with van der Waals surface area (Å²) in [7, 11) is 0. The van der Waals surface area contributed by atoms with E-state index in [1.54, 1.807) is 0 Å². The van der Waals surface area contributed by atoms with Gasteiger partial charge in [-0.05, 0) is 31.9 Å². The third-order valence-corrected chi connectivity index (χ3v) is 2.73. The molecule has 1 aromatic carbocycles. The number of amides is 1. The Labute approximate surface area is 94.6 Å². The average Bonchev–Trinajstić information content (AvgIpc) is 2.42. The summed E-state index contributed by atoms with van der Waals surface area (Å²) in [5.74, 6) is 0.0107. The summed E-state index contributed by atoms with van der Waals surface area (Å²) in [5.41, 5.74) is 1.85. The monoisotopic (exact) mass is 223 g/mol. The van der Waals surface area contributed by atoms with E-state index in [1.807, 2.05) is 38.1 Å². The molecule has 1 unspecified atom stereocenters. The van der Waals surface area contributed by atoms with Gasteiger partial charge in [0.05, 0.1) is 6.04 Å². The van der Waals surface area contributed by atoms with Crippen molar-refractivity contribution in [2.45, 2.75) is 31.2 Å². The van der Waals surface area contributed by atoms with Crippen molar-refractivity contribution in [1.82, 2.24) is 5.32 Å². The Morgan fingerprint density at radius 2 is 2.07 bits per heavy atom. The molecule has 1 amide bonds. The summed E-state index contributed by atoms with van der Waals surface area (Å²) in [5, 5.41) is 2.95. The Hall–Kier alpha value is -1.02. The zero-order valence-corrected chi connectivity index (χ0v) is 9.64. The molecule has 15 heavy (non-hydrogen) atoms. The molecule has 2 rings (SSSR count). The minimum Gasteiger partial charge on any atom is -0.345 e. The van der Waals surface area contributed by atoms with Crippen molar-refractivity contribution in [2.24, 2.45) is 0 Å². The lowest BCUT2D eigenvalue weighted by atomic mass is 9.96. The van der Waals surface area contributed by atoms with E-state index >= 15 is 0 Å². The number of rotatable bonds is 2. The maximum Gasteiger partial charge on any atom is 0.252 e. The molecule has 0 fully saturated rings. The Morgan fingerprint density at radius 3 is 2.73 bits per heavy atom. The first-order valence-corrected chi connectivity index (χ1v) is 5.44. The Bertz CT molecular complexity index is 395. The van der Waals surface area contributed by atoms with Gasteiger partial charge in [0.2, 0.25) is 0 Å². The molecule has 1 atom stereocenters. The molecular weight excluding hydrogens is 210 g/mol. The first-order chi connectivity index (χ1) is 6.97. The number of fused-ring (bicyclic) bond motifs is 1. The number of benzene rings is 1. The van der Waals surface area contributed by atoms with Gasteiger partial charge in [-0.3, -0.25) is 4.79 Å². The number of halogens is 1. The minimum absolute atomic E-state index is 0.0107. The maximum absolute atomic E-state index is 11.6. The van der Waals surface area contributed by atoms with Crippen molar-refractivity contribution < 1.29 is 4.79 Å². The van der Waals surface area contributed by atoms with E-state index < -0.39 is 0 Å². The largest absolute Gasteiger partial charge is 0.345 e. The molecule has 0 radical (unpaired) electrons. The molecule has 0 saturated heterocycles. The number of carbonyl (C=O) groups excluding carboxylic acids is 1. The lowest BCUT2D eigenvalue weighted by molar-refractivity contribution is 0.0954. The van der Waals surface area contributed by atoms with Crippen LogP contribution in [0.15, 0.2) is 24.3 Å². The molecule has 1 N–H and O–H groups in total. The molecule has 0 aromatic heterocycles. The molecule has 0 aliphatic carbocycles. The molecule has 0 spiro atoms. The van der Waals surface area contributed by atoms with Crippen molar-refractivity contribution in [3.05, 3.63) is 35.4 Å². The number of nitrogens with one attached hydrogen (secondary N) is 1. The first kappa shape index (κ1) is 10.5. The highest BCUT2D eigenvalue weighted by atomic mass is 35.5. The summed E-state index contributed by atoms with van der Waals surface area (Å²) < 4.78 is 0. The van der Waals surface area contributed by atoms with E-state index in [-0.39, 0.29) is 16.8 Å². The first-order valence-electron chi connectivity index (χ1n) is 5.06. The Balaban J connectivity index is 2.29. The third-order valence-electron chi connectivity index (χ3n) is 2.58. The fraction of sp³-hybridized carbons (Fsp3) is 0.417. The third kappa shape index (κ3) is 2.15. The maximum atomic E-state index is 11.6. The van der Waals surface area contributed by atoms with Crippen LogP contribution in [0, 0.1) is 0 Å². The van der Waals surface area contributed by atoms with E-state index in [0.717, 1.165) is 17.5 Å². The van der Waals surface area contributed by atoms with Crippen LogP contribution in [0.5, 0.6) is 0 Å². The fourth-order valence-corrected chi connectivity index (χ4v) is 2.12. The second-order valence-electron chi connectivity index (χ2n) is 4.54. The van der Waals surface area contributed by atoms with Crippen LogP contribution in [0.25, 0.3) is 0 Å². The number of hydrogen-bond acceptors (Lipinski definition) is 1. The highest BCUT2D eigenvalue weighted by Gasteiger charge is 2.31. The zero-order valence-electron chi connectivity index (χ0n) is 8.88.